The fraction of sp³-hybridized carbons (Fsp3) is 0.667. The van der Waals surface area contributed by atoms with Crippen LogP contribution in [0.25, 0.3) is 0 Å². The van der Waals surface area contributed by atoms with Crippen LogP contribution >= 0.6 is 0 Å². The number of hydrogen-bond donors (Lipinski definition) is 1. The SMILES string of the molecule is CC(CS(C)=O)NCc1ccnn1C. The summed E-state index contributed by atoms with van der Waals surface area (Å²) in [5, 5.41) is 7.38. The minimum absolute atomic E-state index is 0.274. The topological polar surface area (TPSA) is 46.9 Å². The molecule has 1 aromatic rings. The molecule has 0 radical (unpaired) electrons. The Morgan fingerprint density at radius 1 is 1.71 bits per heavy atom. The smallest absolute Gasteiger partial charge is 0.0518 e. The molecule has 0 aliphatic carbocycles. The second kappa shape index (κ2) is 5.26. The largest absolute Gasteiger partial charge is 0.308 e. The molecule has 1 heterocycles. The predicted molar refractivity (Wildman–Crippen MR) is 58.4 cm³/mol. The molecule has 0 aromatic carbocycles. The summed E-state index contributed by atoms with van der Waals surface area (Å²) < 4.78 is 12.8. The number of hydrogen-bond acceptors (Lipinski definition) is 3. The zero-order valence-electron chi connectivity index (χ0n) is 8.86. The number of aromatic nitrogens is 2. The number of aryl methyl sites for hydroxylation is 1. The van der Waals surface area contributed by atoms with Gasteiger partial charge in [-0.05, 0) is 13.0 Å². The van der Waals surface area contributed by atoms with Gasteiger partial charge in [0.15, 0.2) is 0 Å². The Morgan fingerprint density at radius 3 is 2.93 bits per heavy atom. The van der Waals surface area contributed by atoms with Crippen molar-refractivity contribution in [2.75, 3.05) is 12.0 Å². The summed E-state index contributed by atoms with van der Waals surface area (Å²) in [6.45, 7) is 2.81. The Bertz CT molecular complexity index is 311. The number of rotatable bonds is 5. The Kier molecular flexibility index (Phi) is 4.28. The second-order valence-electron chi connectivity index (χ2n) is 3.47. The molecule has 5 heteroatoms. The van der Waals surface area contributed by atoms with Crippen LogP contribution < -0.4 is 5.32 Å². The van der Waals surface area contributed by atoms with Gasteiger partial charge in [0.05, 0.1) is 5.69 Å². The average molecular weight is 215 g/mol. The van der Waals surface area contributed by atoms with Crippen LogP contribution in [0.5, 0.6) is 0 Å². The van der Waals surface area contributed by atoms with E-state index in [-0.39, 0.29) is 6.04 Å². The molecule has 80 valence electrons. The van der Waals surface area contributed by atoms with Crippen LogP contribution in [-0.2, 0) is 24.4 Å². The van der Waals surface area contributed by atoms with E-state index in [2.05, 4.69) is 10.4 Å². The van der Waals surface area contributed by atoms with E-state index in [1.54, 1.807) is 12.5 Å². The molecule has 0 saturated carbocycles. The van der Waals surface area contributed by atoms with Crippen molar-refractivity contribution >= 4 is 10.8 Å². The quantitative estimate of drug-likeness (QED) is 0.767. The summed E-state index contributed by atoms with van der Waals surface area (Å²) in [6.07, 6.45) is 3.50. The molecule has 1 aromatic heterocycles. The number of nitrogens with one attached hydrogen (secondary N) is 1. The summed E-state index contributed by atoms with van der Waals surface area (Å²) in [6, 6.07) is 2.25. The predicted octanol–water partition coefficient (Wildman–Crippen LogP) is 0.277. The van der Waals surface area contributed by atoms with Gasteiger partial charge in [0, 0.05) is 48.6 Å². The Balaban J connectivity index is 2.34. The van der Waals surface area contributed by atoms with Gasteiger partial charge in [-0.15, -0.1) is 0 Å². The molecule has 0 fully saturated rings. The van der Waals surface area contributed by atoms with Gasteiger partial charge in [-0.2, -0.15) is 5.10 Å². The molecule has 0 spiro atoms. The van der Waals surface area contributed by atoms with Crippen molar-refractivity contribution in [2.24, 2.45) is 7.05 Å². The third-order valence-corrected chi connectivity index (χ3v) is 3.01. The summed E-state index contributed by atoms with van der Waals surface area (Å²) >= 11 is 0. The van der Waals surface area contributed by atoms with Crippen LogP contribution in [0.1, 0.15) is 12.6 Å². The van der Waals surface area contributed by atoms with Crippen LogP contribution in [0.15, 0.2) is 12.3 Å². The van der Waals surface area contributed by atoms with E-state index in [0.717, 1.165) is 12.2 Å². The van der Waals surface area contributed by atoms with E-state index in [1.165, 1.54) is 0 Å². The summed E-state index contributed by atoms with van der Waals surface area (Å²) in [4.78, 5) is 0. The van der Waals surface area contributed by atoms with E-state index in [1.807, 2.05) is 24.7 Å². The van der Waals surface area contributed by atoms with Crippen molar-refractivity contribution in [1.82, 2.24) is 15.1 Å². The monoisotopic (exact) mass is 215 g/mol. The van der Waals surface area contributed by atoms with Gasteiger partial charge in [0.1, 0.15) is 0 Å². The summed E-state index contributed by atoms with van der Waals surface area (Å²) in [7, 11) is 1.18. The van der Waals surface area contributed by atoms with Gasteiger partial charge < -0.3 is 5.32 Å². The lowest BCUT2D eigenvalue weighted by molar-refractivity contribution is 0.560. The zero-order chi connectivity index (χ0) is 10.6. The highest BCUT2D eigenvalue weighted by Gasteiger charge is 2.04. The summed E-state index contributed by atoms with van der Waals surface area (Å²) in [5.74, 6) is 0.692. The fourth-order valence-corrected chi connectivity index (χ4v) is 2.09. The van der Waals surface area contributed by atoms with E-state index >= 15 is 0 Å². The van der Waals surface area contributed by atoms with E-state index in [4.69, 9.17) is 0 Å². The first kappa shape index (κ1) is 11.4. The second-order valence-corrected chi connectivity index (χ2v) is 4.95. The van der Waals surface area contributed by atoms with Gasteiger partial charge in [0.25, 0.3) is 0 Å². The molecule has 1 N–H and O–H groups in total. The van der Waals surface area contributed by atoms with E-state index < -0.39 is 10.8 Å². The van der Waals surface area contributed by atoms with Gasteiger partial charge in [-0.3, -0.25) is 8.89 Å². The third kappa shape index (κ3) is 3.59. The number of nitrogens with zero attached hydrogens (tertiary/aromatic N) is 2. The minimum Gasteiger partial charge on any atom is -0.308 e. The molecule has 0 aliphatic rings. The highest BCUT2D eigenvalue weighted by Crippen LogP contribution is 1.96. The minimum atomic E-state index is -0.734. The standard InChI is InChI=1S/C9H17N3OS/c1-8(7-14(3)13)10-6-9-4-5-11-12(9)2/h4-5,8,10H,6-7H2,1-3H3. The maximum atomic E-state index is 10.9. The van der Waals surface area contributed by atoms with E-state index in [9.17, 15) is 4.21 Å². The fourth-order valence-electron chi connectivity index (χ4n) is 1.26. The van der Waals surface area contributed by atoms with Gasteiger partial charge in [-0.1, -0.05) is 0 Å². The highest BCUT2D eigenvalue weighted by atomic mass is 32.2. The lowest BCUT2D eigenvalue weighted by Gasteiger charge is -2.11. The van der Waals surface area contributed by atoms with Crippen LogP contribution in [0, 0.1) is 0 Å². The molecular formula is C9H17N3OS. The Labute approximate surface area is 87.2 Å². The van der Waals surface area contributed by atoms with Crippen LogP contribution in [0.2, 0.25) is 0 Å². The first-order valence-corrected chi connectivity index (χ1v) is 6.32. The van der Waals surface area contributed by atoms with Gasteiger partial charge >= 0.3 is 0 Å². The Hall–Kier alpha value is -0.680. The van der Waals surface area contributed by atoms with Gasteiger partial charge in [0.2, 0.25) is 0 Å². The molecule has 2 unspecified atom stereocenters. The lowest BCUT2D eigenvalue weighted by Crippen LogP contribution is -2.31. The Morgan fingerprint density at radius 2 is 2.43 bits per heavy atom. The normalized spacial score (nSPS) is 15.4. The van der Waals surface area contributed by atoms with Crippen LogP contribution in [0.4, 0.5) is 0 Å². The maximum absolute atomic E-state index is 10.9. The molecule has 1 rings (SSSR count). The zero-order valence-corrected chi connectivity index (χ0v) is 9.67. The van der Waals surface area contributed by atoms with Crippen molar-refractivity contribution in [3.8, 4) is 0 Å². The molecule has 4 nitrogen and oxygen atoms in total. The van der Waals surface area contributed by atoms with Crippen LogP contribution in [0.3, 0.4) is 0 Å². The first-order chi connectivity index (χ1) is 6.59. The molecule has 2 atom stereocenters. The molecule has 0 aliphatic heterocycles. The molecule has 14 heavy (non-hydrogen) atoms. The highest BCUT2D eigenvalue weighted by molar-refractivity contribution is 7.84. The molecule has 0 saturated heterocycles. The first-order valence-electron chi connectivity index (χ1n) is 4.60. The molecular weight excluding hydrogens is 198 g/mol. The maximum Gasteiger partial charge on any atom is 0.0518 e. The van der Waals surface area contributed by atoms with Gasteiger partial charge in [-0.25, -0.2) is 0 Å². The lowest BCUT2D eigenvalue weighted by atomic mass is 10.3. The van der Waals surface area contributed by atoms with Crippen molar-refractivity contribution in [3.63, 3.8) is 0 Å². The molecule has 0 amide bonds. The van der Waals surface area contributed by atoms with Crippen molar-refractivity contribution in [3.05, 3.63) is 18.0 Å². The van der Waals surface area contributed by atoms with Crippen LogP contribution in [-0.4, -0.2) is 32.0 Å². The van der Waals surface area contributed by atoms with Crippen molar-refractivity contribution in [1.29, 1.82) is 0 Å². The average Bonchev–Trinajstić information content (AvgIpc) is 2.46. The van der Waals surface area contributed by atoms with E-state index in [0.29, 0.717) is 5.75 Å². The summed E-state index contributed by atoms with van der Waals surface area (Å²) in [5.41, 5.74) is 1.14. The molecule has 0 bridgehead atoms. The third-order valence-electron chi connectivity index (χ3n) is 2.04. The van der Waals surface area contributed by atoms with Crippen molar-refractivity contribution < 1.29 is 4.21 Å². The van der Waals surface area contributed by atoms with Crippen molar-refractivity contribution in [2.45, 2.75) is 19.5 Å².